The largest absolute Gasteiger partial charge is 0.461 e. The van der Waals surface area contributed by atoms with Gasteiger partial charge in [0.2, 0.25) is 5.78 Å². The van der Waals surface area contributed by atoms with E-state index < -0.39 is 6.09 Å². The van der Waals surface area contributed by atoms with Crippen LogP contribution in [0.25, 0.3) is 0 Å². The van der Waals surface area contributed by atoms with Crippen molar-refractivity contribution in [2.24, 2.45) is 0 Å². The first-order chi connectivity index (χ1) is 6.77. The molecule has 0 aliphatic carbocycles. The minimum absolute atomic E-state index is 0.0202. The number of Topliss-reactive ketones (excluding diaryl/α,β-unsaturated/α-hetero) is 1. The lowest BCUT2D eigenvalue weighted by molar-refractivity contribution is 0.0917. The molecule has 1 fully saturated rings. The number of hydrogen-bond donors (Lipinski definition) is 0. The van der Waals surface area contributed by atoms with E-state index in [1.54, 1.807) is 12.1 Å². The zero-order valence-electron chi connectivity index (χ0n) is 7.43. The van der Waals surface area contributed by atoms with Crippen molar-refractivity contribution in [2.45, 2.75) is 0 Å². The molecule has 1 aromatic heterocycles. The van der Waals surface area contributed by atoms with Gasteiger partial charge in [-0.1, -0.05) is 0 Å². The Balaban J connectivity index is 1.98. The van der Waals surface area contributed by atoms with Crippen LogP contribution in [-0.2, 0) is 4.74 Å². The number of hydrogen-bond acceptors (Lipinski definition) is 4. The Morgan fingerprint density at radius 3 is 3.00 bits per heavy atom. The molecule has 2 heterocycles. The van der Waals surface area contributed by atoms with Gasteiger partial charge in [-0.25, -0.2) is 4.79 Å². The van der Waals surface area contributed by atoms with E-state index in [4.69, 9.17) is 4.42 Å². The average Bonchev–Trinajstić information content (AvgIpc) is 2.77. The summed E-state index contributed by atoms with van der Waals surface area (Å²) >= 11 is 0. The van der Waals surface area contributed by atoms with E-state index in [-0.39, 0.29) is 18.1 Å². The fraction of sp³-hybridized carbons (Fsp3) is 0.333. The predicted molar refractivity (Wildman–Crippen MR) is 46.0 cm³/mol. The predicted octanol–water partition coefficient (Wildman–Crippen LogP) is 0.915. The van der Waals surface area contributed by atoms with Crippen LogP contribution in [-0.4, -0.2) is 36.5 Å². The van der Waals surface area contributed by atoms with Crippen LogP contribution in [0.2, 0.25) is 0 Å². The van der Waals surface area contributed by atoms with Crippen LogP contribution >= 0.6 is 0 Å². The monoisotopic (exact) mass is 195 g/mol. The third kappa shape index (κ3) is 1.61. The normalized spacial score (nSPS) is 15.7. The lowest BCUT2D eigenvalue weighted by atomic mass is 10.3. The van der Waals surface area contributed by atoms with Crippen molar-refractivity contribution >= 4 is 11.9 Å². The molecular weight excluding hydrogens is 186 g/mol. The van der Waals surface area contributed by atoms with Crippen LogP contribution in [0.5, 0.6) is 0 Å². The van der Waals surface area contributed by atoms with Crippen LogP contribution in [0.4, 0.5) is 4.79 Å². The second-order valence-corrected chi connectivity index (χ2v) is 2.94. The van der Waals surface area contributed by atoms with Gasteiger partial charge in [-0.05, 0) is 12.1 Å². The summed E-state index contributed by atoms with van der Waals surface area (Å²) < 4.78 is 9.60. The number of ketones is 1. The van der Waals surface area contributed by atoms with Crippen molar-refractivity contribution < 1.29 is 18.7 Å². The van der Waals surface area contributed by atoms with Gasteiger partial charge in [0.15, 0.2) is 5.76 Å². The Bertz CT molecular complexity index is 344. The summed E-state index contributed by atoms with van der Waals surface area (Å²) in [6, 6.07) is 3.21. The van der Waals surface area contributed by atoms with Crippen LogP contribution in [0.15, 0.2) is 22.8 Å². The zero-order chi connectivity index (χ0) is 9.97. The molecule has 1 aliphatic rings. The highest BCUT2D eigenvalue weighted by Crippen LogP contribution is 2.07. The van der Waals surface area contributed by atoms with Gasteiger partial charge in [0.1, 0.15) is 6.61 Å². The minimum Gasteiger partial charge on any atom is -0.461 e. The average molecular weight is 195 g/mol. The van der Waals surface area contributed by atoms with E-state index in [1.165, 1.54) is 11.2 Å². The summed E-state index contributed by atoms with van der Waals surface area (Å²) in [5.41, 5.74) is 0. The highest BCUT2D eigenvalue weighted by molar-refractivity contribution is 5.96. The summed E-state index contributed by atoms with van der Waals surface area (Å²) in [4.78, 5) is 23.8. The molecule has 1 amide bonds. The second kappa shape index (κ2) is 3.53. The molecule has 5 heteroatoms. The van der Waals surface area contributed by atoms with E-state index in [2.05, 4.69) is 4.74 Å². The number of furan rings is 1. The summed E-state index contributed by atoms with van der Waals surface area (Å²) in [6.07, 6.45) is 0.986. The minimum atomic E-state index is -0.440. The third-order valence-corrected chi connectivity index (χ3v) is 1.98. The fourth-order valence-electron chi connectivity index (χ4n) is 1.26. The molecule has 1 aromatic rings. The van der Waals surface area contributed by atoms with Gasteiger partial charge in [-0.15, -0.1) is 0 Å². The highest BCUT2D eigenvalue weighted by atomic mass is 16.6. The topological polar surface area (TPSA) is 59.8 Å². The molecular formula is C9H9NO4. The van der Waals surface area contributed by atoms with Crippen molar-refractivity contribution in [3.8, 4) is 0 Å². The maximum atomic E-state index is 11.5. The van der Waals surface area contributed by atoms with Gasteiger partial charge >= 0.3 is 6.09 Å². The van der Waals surface area contributed by atoms with Crippen molar-refractivity contribution in [1.82, 2.24) is 4.90 Å². The van der Waals surface area contributed by atoms with Crippen LogP contribution in [0.1, 0.15) is 10.6 Å². The van der Waals surface area contributed by atoms with Gasteiger partial charge in [0, 0.05) is 0 Å². The lowest BCUT2D eigenvalue weighted by Crippen LogP contribution is -2.30. The Hall–Kier alpha value is -1.78. The molecule has 1 saturated heterocycles. The summed E-state index contributed by atoms with van der Waals surface area (Å²) in [5, 5.41) is 0. The van der Waals surface area contributed by atoms with Crippen LogP contribution < -0.4 is 0 Å². The molecule has 0 radical (unpaired) electrons. The Kier molecular flexibility index (Phi) is 2.22. The van der Waals surface area contributed by atoms with Gasteiger partial charge in [-0.3, -0.25) is 9.69 Å². The Morgan fingerprint density at radius 2 is 2.43 bits per heavy atom. The molecule has 14 heavy (non-hydrogen) atoms. The molecule has 0 spiro atoms. The number of nitrogens with zero attached hydrogens (tertiary/aromatic N) is 1. The maximum absolute atomic E-state index is 11.5. The van der Waals surface area contributed by atoms with Crippen LogP contribution in [0, 0.1) is 0 Å². The molecule has 2 rings (SSSR count). The fourth-order valence-corrected chi connectivity index (χ4v) is 1.26. The molecule has 0 bridgehead atoms. The third-order valence-electron chi connectivity index (χ3n) is 1.98. The Labute approximate surface area is 80.2 Å². The molecule has 74 valence electrons. The summed E-state index contributed by atoms with van der Waals surface area (Å²) in [5.74, 6) is 0.0542. The zero-order valence-corrected chi connectivity index (χ0v) is 7.43. The van der Waals surface area contributed by atoms with Crippen molar-refractivity contribution in [3.05, 3.63) is 24.2 Å². The van der Waals surface area contributed by atoms with Gasteiger partial charge in [0.05, 0.1) is 19.4 Å². The number of cyclic esters (lactones) is 1. The Morgan fingerprint density at radius 1 is 1.57 bits per heavy atom. The first kappa shape index (κ1) is 8.80. The first-order valence-corrected chi connectivity index (χ1v) is 4.26. The number of rotatable bonds is 3. The number of carbonyl (C=O) groups is 2. The van der Waals surface area contributed by atoms with E-state index in [1.807, 2.05) is 0 Å². The van der Waals surface area contributed by atoms with Crippen molar-refractivity contribution in [2.75, 3.05) is 19.7 Å². The van der Waals surface area contributed by atoms with E-state index in [0.717, 1.165) is 0 Å². The number of ether oxygens (including phenoxy) is 1. The van der Waals surface area contributed by atoms with E-state index in [9.17, 15) is 9.59 Å². The highest BCUT2D eigenvalue weighted by Gasteiger charge is 2.25. The number of amides is 1. The van der Waals surface area contributed by atoms with Gasteiger partial charge < -0.3 is 9.15 Å². The molecule has 0 atom stereocenters. The van der Waals surface area contributed by atoms with E-state index >= 15 is 0 Å². The lowest BCUT2D eigenvalue weighted by Gasteiger charge is -2.09. The molecule has 1 aliphatic heterocycles. The van der Waals surface area contributed by atoms with Crippen molar-refractivity contribution in [3.63, 3.8) is 0 Å². The number of carbonyl (C=O) groups excluding carboxylic acids is 2. The molecule has 5 nitrogen and oxygen atoms in total. The second-order valence-electron chi connectivity index (χ2n) is 2.94. The smallest absolute Gasteiger partial charge is 0.410 e. The van der Waals surface area contributed by atoms with Crippen LogP contribution in [0.3, 0.4) is 0 Å². The van der Waals surface area contributed by atoms with Gasteiger partial charge in [-0.2, -0.15) is 0 Å². The quantitative estimate of drug-likeness (QED) is 0.673. The first-order valence-electron chi connectivity index (χ1n) is 4.26. The molecule has 0 saturated carbocycles. The molecule has 0 aromatic carbocycles. The summed E-state index contributed by atoms with van der Waals surface area (Å²) in [7, 11) is 0. The molecule has 0 N–H and O–H groups in total. The van der Waals surface area contributed by atoms with E-state index in [0.29, 0.717) is 13.2 Å². The maximum Gasteiger partial charge on any atom is 0.410 e. The SMILES string of the molecule is O=C(CN1CCOC1=O)c1ccco1. The molecule has 0 unspecified atom stereocenters. The summed E-state index contributed by atoms with van der Waals surface area (Å²) in [6.45, 7) is 0.835. The van der Waals surface area contributed by atoms with Crippen molar-refractivity contribution in [1.29, 1.82) is 0 Å². The standard InChI is InChI=1S/C9H9NO4/c11-7(8-2-1-4-13-8)6-10-3-5-14-9(10)12/h1-2,4H,3,5-6H2. The van der Waals surface area contributed by atoms with Gasteiger partial charge in [0.25, 0.3) is 0 Å².